The van der Waals surface area contributed by atoms with Gasteiger partial charge in [0.1, 0.15) is 11.9 Å². The van der Waals surface area contributed by atoms with Gasteiger partial charge in [0.25, 0.3) is 0 Å². The molecule has 0 aromatic rings. The van der Waals surface area contributed by atoms with E-state index in [1.807, 2.05) is 0 Å². The molecule has 0 aromatic heterocycles. The molecule has 1 N–H and O–H groups in total. The highest BCUT2D eigenvalue weighted by Gasteiger charge is 2.55. The lowest BCUT2D eigenvalue weighted by molar-refractivity contribution is -0.125. The number of hydrogen-bond acceptors (Lipinski definition) is 3. The molecule has 0 heterocycles. The van der Waals surface area contributed by atoms with E-state index in [1.54, 1.807) is 0 Å². The van der Waals surface area contributed by atoms with E-state index in [0.717, 1.165) is 12.8 Å². The fourth-order valence-corrected chi connectivity index (χ4v) is 5.86. The first-order valence-electron chi connectivity index (χ1n) is 9.40. The summed E-state index contributed by atoms with van der Waals surface area (Å²) < 4.78 is 5.19. The maximum Gasteiger partial charge on any atom is 0.165 e. The van der Waals surface area contributed by atoms with Gasteiger partial charge < -0.3 is 9.84 Å². The van der Waals surface area contributed by atoms with Gasteiger partial charge in [-0.15, -0.1) is 0 Å². The van der Waals surface area contributed by atoms with Crippen molar-refractivity contribution < 1.29 is 14.6 Å². The summed E-state index contributed by atoms with van der Waals surface area (Å²) in [6, 6.07) is 0. The molecule has 2 fully saturated rings. The van der Waals surface area contributed by atoms with Crippen molar-refractivity contribution in [1.29, 1.82) is 0 Å². The molecule has 24 heavy (non-hydrogen) atoms. The topological polar surface area (TPSA) is 46.5 Å². The fourth-order valence-electron chi connectivity index (χ4n) is 5.86. The number of allylic oxidation sites excluding steroid dienone is 2. The summed E-state index contributed by atoms with van der Waals surface area (Å²) in [7, 11) is 1.53. The molecule has 0 spiro atoms. The number of rotatable bonds is 3. The molecular weight excluding hydrogens is 300 g/mol. The van der Waals surface area contributed by atoms with Crippen LogP contribution in [0, 0.1) is 28.6 Å². The molecule has 0 aromatic carbocycles. The van der Waals surface area contributed by atoms with E-state index >= 15 is 0 Å². The molecule has 0 amide bonds. The second kappa shape index (κ2) is 6.01. The number of methoxy groups -OCH3 is 1. The molecule has 0 unspecified atom stereocenters. The lowest BCUT2D eigenvalue weighted by atomic mass is 9.45. The molecule has 6 atom stereocenters. The summed E-state index contributed by atoms with van der Waals surface area (Å²) in [6.07, 6.45) is 7.36. The zero-order chi connectivity index (χ0) is 17.7. The van der Waals surface area contributed by atoms with Gasteiger partial charge in [0, 0.05) is 6.08 Å². The fraction of sp³-hybridized carbons (Fsp3) is 0.762. The molecule has 3 nitrogen and oxygen atoms in total. The van der Waals surface area contributed by atoms with Crippen molar-refractivity contribution >= 4 is 5.78 Å². The Morgan fingerprint density at radius 3 is 2.71 bits per heavy atom. The van der Waals surface area contributed by atoms with Crippen LogP contribution in [0.3, 0.4) is 0 Å². The van der Waals surface area contributed by atoms with Crippen LogP contribution >= 0.6 is 0 Å². The Morgan fingerprint density at radius 1 is 1.38 bits per heavy atom. The Bertz CT molecular complexity index is 578. The van der Waals surface area contributed by atoms with Crippen LogP contribution < -0.4 is 0 Å². The maximum absolute atomic E-state index is 12.4. The number of hydrogen-bond donors (Lipinski definition) is 1. The quantitative estimate of drug-likeness (QED) is 0.785. The Kier molecular flexibility index (Phi) is 4.44. The number of fused-ring (bicyclic) bond motifs is 1. The van der Waals surface area contributed by atoms with E-state index in [2.05, 4.69) is 27.4 Å². The molecule has 0 saturated heterocycles. The van der Waals surface area contributed by atoms with E-state index < -0.39 is 6.10 Å². The zero-order valence-corrected chi connectivity index (χ0v) is 15.6. The van der Waals surface area contributed by atoms with Crippen LogP contribution in [-0.2, 0) is 9.53 Å². The summed E-state index contributed by atoms with van der Waals surface area (Å²) >= 11 is 0. The van der Waals surface area contributed by atoms with Crippen LogP contribution in [0.4, 0.5) is 0 Å². The second-order valence-corrected chi connectivity index (χ2v) is 8.82. The molecule has 3 heteroatoms. The van der Waals surface area contributed by atoms with Gasteiger partial charge in [0.2, 0.25) is 0 Å². The highest BCUT2D eigenvalue weighted by Crippen LogP contribution is 2.63. The predicted molar refractivity (Wildman–Crippen MR) is 95.3 cm³/mol. The molecule has 0 aliphatic heterocycles. The minimum absolute atomic E-state index is 0.0229. The van der Waals surface area contributed by atoms with Crippen molar-refractivity contribution in [2.45, 2.75) is 65.4 Å². The lowest BCUT2D eigenvalue weighted by Gasteiger charge is -2.59. The predicted octanol–water partition coefficient (Wildman–Crippen LogP) is 4.27. The van der Waals surface area contributed by atoms with Gasteiger partial charge in [0.15, 0.2) is 5.78 Å². The summed E-state index contributed by atoms with van der Waals surface area (Å²) in [6.45, 7) is 11.5. The van der Waals surface area contributed by atoms with Crippen LogP contribution in [0.15, 0.2) is 24.0 Å². The Balaban J connectivity index is 1.90. The van der Waals surface area contributed by atoms with Crippen LogP contribution in [0.2, 0.25) is 0 Å². The van der Waals surface area contributed by atoms with Crippen molar-refractivity contribution in [1.82, 2.24) is 0 Å². The minimum Gasteiger partial charge on any atom is -0.498 e. The van der Waals surface area contributed by atoms with E-state index in [-0.39, 0.29) is 22.5 Å². The molecule has 2 saturated carbocycles. The molecule has 3 aliphatic rings. The number of ketones is 1. The third-order valence-electron chi connectivity index (χ3n) is 7.78. The Morgan fingerprint density at radius 2 is 2.08 bits per heavy atom. The summed E-state index contributed by atoms with van der Waals surface area (Å²) in [5, 5.41) is 10.5. The van der Waals surface area contributed by atoms with E-state index in [0.29, 0.717) is 17.6 Å². The number of ether oxygens (including phenoxy) is 1. The molecular formula is C21H32O3. The number of aliphatic hydroxyl groups excluding tert-OH is 1. The van der Waals surface area contributed by atoms with Crippen LogP contribution in [0.25, 0.3) is 0 Å². The highest BCUT2D eigenvalue weighted by atomic mass is 16.5. The first kappa shape index (κ1) is 17.7. The lowest BCUT2D eigenvalue weighted by Crippen LogP contribution is -2.51. The van der Waals surface area contributed by atoms with Gasteiger partial charge in [-0.1, -0.05) is 32.9 Å². The van der Waals surface area contributed by atoms with Crippen LogP contribution in [-0.4, -0.2) is 24.1 Å². The van der Waals surface area contributed by atoms with Crippen LogP contribution in [0.5, 0.6) is 0 Å². The van der Waals surface area contributed by atoms with Gasteiger partial charge >= 0.3 is 0 Å². The van der Waals surface area contributed by atoms with Gasteiger partial charge in [-0.25, -0.2) is 0 Å². The monoisotopic (exact) mass is 332 g/mol. The third kappa shape index (κ3) is 2.47. The average Bonchev–Trinajstić information content (AvgIpc) is 2.81. The average molecular weight is 332 g/mol. The van der Waals surface area contributed by atoms with Crippen molar-refractivity contribution in [3.63, 3.8) is 0 Å². The van der Waals surface area contributed by atoms with E-state index in [9.17, 15) is 9.90 Å². The van der Waals surface area contributed by atoms with E-state index in [1.165, 1.54) is 44.4 Å². The Hall–Kier alpha value is -1.09. The summed E-state index contributed by atoms with van der Waals surface area (Å²) in [5.41, 5.74) is 1.63. The van der Waals surface area contributed by atoms with Gasteiger partial charge in [-0.05, 0) is 61.2 Å². The number of carbonyl (C=O) groups is 1. The van der Waals surface area contributed by atoms with Gasteiger partial charge in [-0.3, -0.25) is 4.79 Å². The molecule has 3 rings (SSSR count). The molecule has 0 radical (unpaired) electrons. The summed E-state index contributed by atoms with van der Waals surface area (Å²) in [5.74, 6) is 1.18. The minimum atomic E-state index is -0.786. The van der Waals surface area contributed by atoms with Gasteiger partial charge in [0.05, 0.1) is 13.0 Å². The van der Waals surface area contributed by atoms with Gasteiger partial charge in [-0.2, -0.15) is 0 Å². The molecule has 0 bridgehead atoms. The van der Waals surface area contributed by atoms with Crippen molar-refractivity contribution in [2.75, 3.05) is 7.11 Å². The first-order chi connectivity index (χ1) is 11.2. The first-order valence-corrected chi connectivity index (χ1v) is 9.40. The van der Waals surface area contributed by atoms with E-state index in [4.69, 9.17) is 4.74 Å². The smallest absolute Gasteiger partial charge is 0.165 e. The largest absolute Gasteiger partial charge is 0.498 e. The SMILES string of the molecule is C=C1CCC[C@H]2[C@](C)(C[C@H]3C(=O)C=C(OC)[C@@H]3O)[C@@H](C)CC[C@]12C. The second-order valence-electron chi connectivity index (χ2n) is 8.82. The zero-order valence-electron chi connectivity index (χ0n) is 15.6. The molecule has 3 aliphatic carbocycles. The molecule has 134 valence electrons. The summed E-state index contributed by atoms with van der Waals surface area (Å²) in [4.78, 5) is 12.4. The normalized spacial score (nSPS) is 45.8. The highest BCUT2D eigenvalue weighted by molar-refractivity contribution is 5.95. The number of aliphatic hydroxyl groups is 1. The standard InChI is InChI=1S/C21H32O3/c1-13-7-6-8-18-20(13,3)10-9-14(2)21(18,4)12-15-16(22)11-17(24-5)19(15)23/h11,14-15,18-19,23H,1,6-10,12H2,2-5H3/t14-,15-,18+,19+,20+,21+/m0/s1. The third-order valence-corrected chi connectivity index (χ3v) is 7.78. The van der Waals surface area contributed by atoms with Crippen molar-refractivity contribution in [3.05, 3.63) is 24.0 Å². The van der Waals surface area contributed by atoms with Crippen molar-refractivity contribution in [2.24, 2.45) is 28.6 Å². The number of carbonyl (C=O) groups excluding carboxylic acids is 1. The van der Waals surface area contributed by atoms with Crippen LogP contribution in [0.1, 0.15) is 59.3 Å². The van der Waals surface area contributed by atoms with Crippen molar-refractivity contribution in [3.8, 4) is 0 Å². The Labute approximate surface area is 146 Å². The maximum atomic E-state index is 12.4.